The summed E-state index contributed by atoms with van der Waals surface area (Å²) in [7, 11) is 1.76. The van der Waals surface area contributed by atoms with Crippen molar-refractivity contribution in [3.05, 3.63) is 47.6 Å². The Balaban J connectivity index is 1.63. The summed E-state index contributed by atoms with van der Waals surface area (Å²) < 4.78 is 5.42. The number of hydrogen-bond donors (Lipinski definition) is 1. The van der Waals surface area contributed by atoms with Gasteiger partial charge in [0.25, 0.3) is 5.91 Å². The summed E-state index contributed by atoms with van der Waals surface area (Å²) in [6.45, 7) is 0. The van der Waals surface area contributed by atoms with E-state index in [1.54, 1.807) is 18.8 Å². The van der Waals surface area contributed by atoms with Crippen LogP contribution in [0.2, 0.25) is 0 Å². The molecule has 0 unspecified atom stereocenters. The van der Waals surface area contributed by atoms with Crippen molar-refractivity contribution in [2.75, 3.05) is 7.11 Å². The highest BCUT2D eigenvalue weighted by Crippen LogP contribution is 2.27. The fourth-order valence-electron chi connectivity index (χ4n) is 3.54. The van der Waals surface area contributed by atoms with Crippen LogP contribution in [0.15, 0.2) is 42.0 Å². The van der Waals surface area contributed by atoms with Crippen LogP contribution in [0, 0.1) is 0 Å². The number of pyridine rings is 1. The van der Waals surface area contributed by atoms with Gasteiger partial charge in [0.05, 0.1) is 33.3 Å². The lowest BCUT2D eigenvalue weighted by atomic mass is 9.92. The van der Waals surface area contributed by atoms with E-state index >= 15 is 0 Å². The first-order valence-electron chi connectivity index (χ1n) is 8.87. The highest BCUT2D eigenvalue weighted by Gasteiger charge is 2.23. The zero-order valence-corrected chi connectivity index (χ0v) is 15.5. The van der Waals surface area contributed by atoms with Crippen LogP contribution in [0.3, 0.4) is 0 Å². The smallest absolute Gasteiger partial charge is 0.252 e. The van der Waals surface area contributed by atoms with E-state index < -0.39 is 0 Å². The number of fused-ring (bicyclic) bond motifs is 1. The van der Waals surface area contributed by atoms with Crippen molar-refractivity contribution >= 4 is 28.1 Å². The molecule has 2 aromatic heterocycles. The monoisotopic (exact) mass is 367 g/mol. The van der Waals surface area contributed by atoms with E-state index in [9.17, 15) is 4.79 Å². The Morgan fingerprint density at radius 1 is 1.23 bits per heavy atom. The summed E-state index contributed by atoms with van der Waals surface area (Å²) in [6.07, 6.45) is 6.00. The molecule has 1 N–H and O–H groups in total. The standard InChI is InChI=1S/C20H21N3O2S/c1-25-14-8-6-13(7-9-14)22-20(24)16-10-18(19-11-21-12-26-19)23-17-5-3-2-4-15(16)17/h2-5,10-14H,6-9H2,1H3,(H,22,24). The Morgan fingerprint density at radius 2 is 2.04 bits per heavy atom. The van der Waals surface area contributed by atoms with Crippen molar-refractivity contribution in [1.82, 2.24) is 15.3 Å². The van der Waals surface area contributed by atoms with Crippen LogP contribution in [-0.2, 0) is 4.74 Å². The van der Waals surface area contributed by atoms with Gasteiger partial charge in [-0.05, 0) is 37.8 Å². The van der Waals surface area contributed by atoms with Crippen molar-refractivity contribution in [2.24, 2.45) is 0 Å². The zero-order chi connectivity index (χ0) is 17.9. The lowest BCUT2D eigenvalue weighted by Crippen LogP contribution is -2.39. The fraction of sp³-hybridized carbons (Fsp3) is 0.350. The van der Waals surface area contributed by atoms with Gasteiger partial charge in [-0.1, -0.05) is 18.2 Å². The number of hydrogen-bond acceptors (Lipinski definition) is 5. The van der Waals surface area contributed by atoms with Crippen molar-refractivity contribution in [1.29, 1.82) is 0 Å². The third-order valence-electron chi connectivity index (χ3n) is 4.99. The van der Waals surface area contributed by atoms with E-state index in [2.05, 4.69) is 10.3 Å². The quantitative estimate of drug-likeness (QED) is 0.756. The van der Waals surface area contributed by atoms with Gasteiger partial charge in [0.15, 0.2) is 0 Å². The molecule has 1 fully saturated rings. The van der Waals surface area contributed by atoms with Crippen molar-refractivity contribution in [3.8, 4) is 10.6 Å². The minimum absolute atomic E-state index is 0.0322. The molecule has 0 spiro atoms. The van der Waals surface area contributed by atoms with Gasteiger partial charge in [0, 0.05) is 24.7 Å². The fourth-order valence-corrected chi connectivity index (χ4v) is 4.12. The second-order valence-electron chi connectivity index (χ2n) is 6.62. The highest BCUT2D eigenvalue weighted by molar-refractivity contribution is 7.13. The summed E-state index contributed by atoms with van der Waals surface area (Å²) in [6, 6.07) is 9.87. The number of carbonyl (C=O) groups is 1. The number of nitrogens with zero attached hydrogens (tertiary/aromatic N) is 2. The van der Waals surface area contributed by atoms with Gasteiger partial charge in [-0.3, -0.25) is 9.78 Å². The number of para-hydroxylation sites is 1. The number of ether oxygens (including phenoxy) is 1. The van der Waals surface area contributed by atoms with E-state index in [1.807, 2.05) is 30.3 Å². The molecule has 26 heavy (non-hydrogen) atoms. The molecule has 0 saturated heterocycles. The minimum atomic E-state index is -0.0322. The number of methoxy groups -OCH3 is 1. The normalized spacial score (nSPS) is 20.2. The van der Waals surface area contributed by atoms with Gasteiger partial charge < -0.3 is 10.1 Å². The Kier molecular flexibility index (Phi) is 4.95. The summed E-state index contributed by atoms with van der Waals surface area (Å²) in [4.78, 5) is 22.8. The van der Waals surface area contributed by atoms with Crippen LogP contribution in [0.4, 0.5) is 0 Å². The maximum absolute atomic E-state index is 13.0. The number of aromatic nitrogens is 2. The van der Waals surface area contributed by atoms with E-state index in [1.165, 1.54) is 11.3 Å². The first-order valence-corrected chi connectivity index (χ1v) is 9.75. The molecule has 3 aromatic rings. The highest BCUT2D eigenvalue weighted by atomic mass is 32.1. The van der Waals surface area contributed by atoms with Gasteiger partial charge in [0.1, 0.15) is 0 Å². The summed E-state index contributed by atoms with van der Waals surface area (Å²) in [5.74, 6) is -0.0322. The zero-order valence-electron chi connectivity index (χ0n) is 14.6. The molecule has 0 radical (unpaired) electrons. The second kappa shape index (κ2) is 7.51. The van der Waals surface area contributed by atoms with Crippen LogP contribution < -0.4 is 5.32 Å². The molecule has 134 valence electrons. The van der Waals surface area contributed by atoms with E-state index in [4.69, 9.17) is 9.72 Å². The molecule has 1 aromatic carbocycles. The first-order chi connectivity index (χ1) is 12.7. The Hall–Kier alpha value is -2.31. The molecule has 1 aliphatic carbocycles. The molecule has 1 saturated carbocycles. The lowest BCUT2D eigenvalue weighted by molar-refractivity contribution is 0.0599. The topological polar surface area (TPSA) is 64.1 Å². The van der Waals surface area contributed by atoms with Crippen LogP contribution in [0.5, 0.6) is 0 Å². The van der Waals surface area contributed by atoms with Crippen molar-refractivity contribution in [2.45, 2.75) is 37.8 Å². The Bertz CT molecular complexity index is 903. The first kappa shape index (κ1) is 17.1. The minimum Gasteiger partial charge on any atom is -0.381 e. The van der Waals surface area contributed by atoms with Crippen molar-refractivity contribution < 1.29 is 9.53 Å². The molecular formula is C20H21N3O2S. The van der Waals surface area contributed by atoms with Gasteiger partial charge in [-0.2, -0.15) is 0 Å². The van der Waals surface area contributed by atoms with Gasteiger partial charge in [-0.25, -0.2) is 4.98 Å². The van der Waals surface area contributed by atoms with Gasteiger partial charge >= 0.3 is 0 Å². The molecule has 2 heterocycles. The third-order valence-corrected chi connectivity index (χ3v) is 5.78. The molecule has 6 heteroatoms. The number of rotatable bonds is 4. The average molecular weight is 367 g/mol. The molecule has 5 nitrogen and oxygen atoms in total. The van der Waals surface area contributed by atoms with Crippen LogP contribution >= 0.6 is 11.3 Å². The maximum atomic E-state index is 13.0. The van der Waals surface area contributed by atoms with E-state index in [-0.39, 0.29) is 11.9 Å². The Morgan fingerprint density at radius 3 is 2.77 bits per heavy atom. The predicted octanol–water partition coefficient (Wildman–Crippen LogP) is 4.05. The number of carbonyl (C=O) groups excluding carboxylic acids is 1. The van der Waals surface area contributed by atoms with Crippen molar-refractivity contribution in [3.63, 3.8) is 0 Å². The SMILES string of the molecule is COC1CCC(NC(=O)c2cc(-c3cncs3)nc3ccccc23)CC1. The lowest BCUT2D eigenvalue weighted by Gasteiger charge is -2.28. The average Bonchev–Trinajstić information content (AvgIpc) is 3.22. The number of nitrogens with one attached hydrogen (secondary N) is 1. The summed E-state index contributed by atoms with van der Waals surface area (Å²) in [5, 5.41) is 4.09. The number of amides is 1. The molecule has 0 atom stereocenters. The predicted molar refractivity (Wildman–Crippen MR) is 103 cm³/mol. The molecule has 0 aliphatic heterocycles. The van der Waals surface area contributed by atoms with E-state index in [0.717, 1.165) is 47.2 Å². The molecule has 0 bridgehead atoms. The van der Waals surface area contributed by atoms with Gasteiger partial charge in [-0.15, -0.1) is 11.3 Å². The van der Waals surface area contributed by atoms with E-state index in [0.29, 0.717) is 11.7 Å². The molecule has 1 aliphatic rings. The number of thiazole rings is 1. The van der Waals surface area contributed by atoms with Gasteiger partial charge in [0.2, 0.25) is 0 Å². The summed E-state index contributed by atoms with van der Waals surface area (Å²) >= 11 is 1.52. The van der Waals surface area contributed by atoms with Crippen LogP contribution in [-0.4, -0.2) is 35.1 Å². The second-order valence-corrected chi connectivity index (χ2v) is 7.51. The third kappa shape index (κ3) is 3.48. The molecule has 1 amide bonds. The molecular weight excluding hydrogens is 346 g/mol. The largest absolute Gasteiger partial charge is 0.381 e. The molecule has 4 rings (SSSR count). The van der Waals surface area contributed by atoms with Crippen LogP contribution in [0.1, 0.15) is 36.0 Å². The van der Waals surface area contributed by atoms with Crippen LogP contribution in [0.25, 0.3) is 21.5 Å². The maximum Gasteiger partial charge on any atom is 0.252 e. The summed E-state index contributed by atoms with van der Waals surface area (Å²) in [5.41, 5.74) is 4.07. The number of benzene rings is 1. The Labute approximate surface area is 156 Å².